The third kappa shape index (κ3) is 6.02. The molecule has 1 saturated heterocycles. The Hall–Kier alpha value is -3.37. The molecule has 1 unspecified atom stereocenters. The van der Waals surface area contributed by atoms with Crippen LogP contribution in [0.3, 0.4) is 0 Å². The van der Waals surface area contributed by atoms with Crippen molar-refractivity contribution in [1.82, 2.24) is 10.2 Å². The van der Waals surface area contributed by atoms with Gasteiger partial charge in [-0.3, -0.25) is 14.5 Å². The first-order valence-electron chi connectivity index (χ1n) is 12.4. The largest absolute Gasteiger partial charge is 0.507 e. The lowest BCUT2D eigenvalue weighted by atomic mass is 9.95. The zero-order valence-electron chi connectivity index (χ0n) is 21.2. The van der Waals surface area contributed by atoms with E-state index in [2.05, 4.69) is 10.2 Å². The van der Waals surface area contributed by atoms with Gasteiger partial charge in [0.25, 0.3) is 5.78 Å². The van der Waals surface area contributed by atoms with Crippen molar-refractivity contribution < 1.29 is 19.4 Å². The second-order valence-corrected chi connectivity index (χ2v) is 11.9. The second kappa shape index (κ2) is 12.4. The SMILES string of the molecule is CCCOc1ccc(/C(O)=C2/C(=O)C(=O)N(c3nnc(SCc4ccc(Cl)cc4)s3)C2c2ccc(Cl)cc2)cc1. The van der Waals surface area contributed by atoms with Crippen molar-refractivity contribution in [2.45, 2.75) is 29.5 Å². The molecule has 40 heavy (non-hydrogen) atoms. The van der Waals surface area contributed by atoms with Crippen LogP contribution in [-0.2, 0) is 15.3 Å². The Morgan fingerprint density at radius 2 is 1.62 bits per heavy atom. The Bertz CT molecular complexity index is 1560. The van der Waals surface area contributed by atoms with Crippen LogP contribution in [0.1, 0.15) is 36.1 Å². The van der Waals surface area contributed by atoms with Crippen LogP contribution < -0.4 is 9.64 Å². The quantitative estimate of drug-likeness (QED) is 0.0686. The van der Waals surface area contributed by atoms with Gasteiger partial charge in [-0.05, 0) is 66.1 Å². The summed E-state index contributed by atoms with van der Waals surface area (Å²) in [5, 5.41) is 21.2. The van der Waals surface area contributed by atoms with Crippen LogP contribution in [0.25, 0.3) is 5.76 Å². The maximum atomic E-state index is 13.4. The molecule has 7 nitrogen and oxygen atoms in total. The molecule has 204 valence electrons. The van der Waals surface area contributed by atoms with E-state index in [1.54, 1.807) is 48.5 Å². The van der Waals surface area contributed by atoms with E-state index in [4.69, 9.17) is 27.9 Å². The number of benzene rings is 3. The van der Waals surface area contributed by atoms with Gasteiger partial charge in [-0.1, -0.05) is 77.5 Å². The van der Waals surface area contributed by atoms with E-state index < -0.39 is 17.7 Å². The summed E-state index contributed by atoms with van der Waals surface area (Å²) < 4.78 is 6.25. The molecule has 1 fully saturated rings. The molecule has 1 N–H and O–H groups in total. The summed E-state index contributed by atoms with van der Waals surface area (Å²) in [4.78, 5) is 28.1. The minimum absolute atomic E-state index is 0.0416. The molecule has 1 atom stereocenters. The van der Waals surface area contributed by atoms with E-state index in [0.29, 0.717) is 43.6 Å². The zero-order valence-corrected chi connectivity index (χ0v) is 24.4. The highest BCUT2D eigenvalue weighted by Gasteiger charge is 2.48. The number of nitrogens with zero attached hydrogens (tertiary/aromatic N) is 3. The van der Waals surface area contributed by atoms with Crippen molar-refractivity contribution in [3.8, 4) is 5.75 Å². The number of amides is 1. The van der Waals surface area contributed by atoms with E-state index in [9.17, 15) is 14.7 Å². The third-order valence-electron chi connectivity index (χ3n) is 6.11. The van der Waals surface area contributed by atoms with Crippen molar-refractivity contribution in [3.63, 3.8) is 0 Å². The summed E-state index contributed by atoms with van der Waals surface area (Å²) >= 11 is 14.8. The van der Waals surface area contributed by atoms with E-state index in [-0.39, 0.29) is 16.5 Å². The molecule has 0 spiro atoms. The molecule has 11 heteroatoms. The maximum absolute atomic E-state index is 13.4. The summed E-state index contributed by atoms with van der Waals surface area (Å²) in [6.45, 7) is 2.57. The monoisotopic (exact) mass is 611 g/mol. The molecule has 0 saturated carbocycles. The van der Waals surface area contributed by atoms with E-state index >= 15 is 0 Å². The molecule has 3 aromatic carbocycles. The van der Waals surface area contributed by atoms with E-state index in [0.717, 1.165) is 12.0 Å². The number of Topliss-reactive ketones (excluding diaryl/α,β-unsaturated/α-hetero) is 1. The van der Waals surface area contributed by atoms with Gasteiger partial charge in [-0.15, -0.1) is 10.2 Å². The highest BCUT2D eigenvalue weighted by atomic mass is 35.5. The van der Waals surface area contributed by atoms with Crippen LogP contribution >= 0.6 is 46.3 Å². The predicted molar refractivity (Wildman–Crippen MR) is 159 cm³/mol. The van der Waals surface area contributed by atoms with Gasteiger partial charge in [0.1, 0.15) is 11.5 Å². The van der Waals surface area contributed by atoms with Gasteiger partial charge in [0.15, 0.2) is 4.34 Å². The summed E-state index contributed by atoms with van der Waals surface area (Å²) in [5.41, 5.74) is 2.00. The number of hydrogen-bond donors (Lipinski definition) is 1. The molecule has 1 aliphatic heterocycles. The van der Waals surface area contributed by atoms with Crippen LogP contribution in [0, 0.1) is 0 Å². The van der Waals surface area contributed by atoms with Crippen LogP contribution in [0.2, 0.25) is 10.0 Å². The minimum Gasteiger partial charge on any atom is -0.507 e. The predicted octanol–water partition coefficient (Wildman–Crippen LogP) is 7.55. The van der Waals surface area contributed by atoms with Gasteiger partial charge in [0.05, 0.1) is 18.2 Å². The van der Waals surface area contributed by atoms with Crippen LogP contribution in [0.5, 0.6) is 5.75 Å². The Kier molecular flexibility index (Phi) is 8.75. The molecule has 1 amide bonds. The molecule has 2 heterocycles. The van der Waals surface area contributed by atoms with Crippen molar-refractivity contribution in [3.05, 3.63) is 105 Å². The van der Waals surface area contributed by atoms with Gasteiger partial charge < -0.3 is 9.84 Å². The average Bonchev–Trinajstić information content (AvgIpc) is 3.54. The van der Waals surface area contributed by atoms with Gasteiger partial charge in [0.2, 0.25) is 5.13 Å². The van der Waals surface area contributed by atoms with Crippen LogP contribution in [-0.4, -0.2) is 33.6 Å². The third-order valence-corrected chi connectivity index (χ3v) is 8.74. The fourth-order valence-electron chi connectivity index (χ4n) is 4.16. The topological polar surface area (TPSA) is 92.6 Å². The molecule has 0 bridgehead atoms. The number of ketones is 1. The number of thioether (sulfide) groups is 1. The Labute approximate surface area is 249 Å². The number of carbonyl (C=O) groups excluding carboxylic acids is 2. The summed E-state index contributed by atoms with van der Waals surface area (Å²) in [5.74, 6) is -0.622. The average molecular weight is 613 g/mol. The fraction of sp³-hybridized carbons (Fsp3) is 0.172. The lowest BCUT2D eigenvalue weighted by Gasteiger charge is -2.22. The van der Waals surface area contributed by atoms with Crippen molar-refractivity contribution in [2.75, 3.05) is 11.5 Å². The highest BCUT2D eigenvalue weighted by molar-refractivity contribution is 8.00. The summed E-state index contributed by atoms with van der Waals surface area (Å²) in [6.07, 6.45) is 0.860. The van der Waals surface area contributed by atoms with Crippen molar-refractivity contribution >= 4 is 68.9 Å². The minimum atomic E-state index is -0.921. The Morgan fingerprint density at radius 3 is 2.27 bits per heavy atom. The number of rotatable bonds is 9. The summed E-state index contributed by atoms with van der Waals surface area (Å²) in [7, 11) is 0. The highest BCUT2D eigenvalue weighted by Crippen LogP contribution is 2.44. The molecular formula is C29H23Cl2N3O4S2. The number of anilines is 1. The van der Waals surface area contributed by atoms with Gasteiger partial charge >= 0.3 is 5.91 Å². The van der Waals surface area contributed by atoms with Gasteiger partial charge in [0, 0.05) is 21.4 Å². The Morgan fingerprint density at radius 1 is 0.975 bits per heavy atom. The first-order chi connectivity index (χ1) is 19.4. The van der Waals surface area contributed by atoms with E-state index in [1.165, 1.54) is 28.0 Å². The molecule has 0 aliphatic carbocycles. The lowest BCUT2D eigenvalue weighted by molar-refractivity contribution is -0.132. The number of hydrogen-bond acceptors (Lipinski definition) is 8. The van der Waals surface area contributed by atoms with Gasteiger partial charge in [-0.25, -0.2) is 0 Å². The normalized spacial score (nSPS) is 16.5. The first-order valence-corrected chi connectivity index (χ1v) is 14.9. The number of aromatic nitrogens is 2. The number of carbonyl (C=O) groups is 2. The second-order valence-electron chi connectivity index (χ2n) is 8.86. The number of aliphatic hydroxyl groups excluding tert-OH is 1. The summed E-state index contributed by atoms with van der Waals surface area (Å²) in [6, 6.07) is 20.1. The smallest absolute Gasteiger partial charge is 0.301 e. The number of halogens is 2. The standard InChI is InChI=1S/C29H23Cl2N3O4S2/c1-2-15-38-22-13-7-19(8-14-22)25(35)23-24(18-5-11-21(31)12-6-18)34(27(37)26(23)36)28-32-33-29(40-28)39-16-17-3-9-20(30)10-4-17/h3-14,24,35H,2,15-16H2,1H3/b25-23-. The number of aliphatic hydroxyl groups is 1. The van der Waals surface area contributed by atoms with E-state index in [1.807, 2.05) is 31.2 Å². The zero-order chi connectivity index (χ0) is 28.2. The molecule has 1 aliphatic rings. The fourth-order valence-corrected chi connectivity index (χ4v) is 6.23. The van der Waals surface area contributed by atoms with Gasteiger partial charge in [-0.2, -0.15) is 0 Å². The molecule has 1 aromatic heterocycles. The first kappa shape index (κ1) is 28.2. The molecule has 4 aromatic rings. The molecular weight excluding hydrogens is 589 g/mol. The van der Waals surface area contributed by atoms with Crippen LogP contribution in [0.15, 0.2) is 82.7 Å². The molecule has 5 rings (SSSR count). The van der Waals surface area contributed by atoms with Crippen LogP contribution in [0.4, 0.5) is 5.13 Å². The van der Waals surface area contributed by atoms with Crippen molar-refractivity contribution in [2.24, 2.45) is 0 Å². The molecule has 0 radical (unpaired) electrons. The number of ether oxygens (including phenoxy) is 1. The van der Waals surface area contributed by atoms with Crippen molar-refractivity contribution in [1.29, 1.82) is 0 Å². The lowest BCUT2D eigenvalue weighted by Crippen LogP contribution is -2.29. The maximum Gasteiger partial charge on any atom is 0.301 e. The Balaban J connectivity index is 1.49.